The Morgan fingerprint density at radius 2 is 0.488 bits per heavy atom. The van der Waals surface area contributed by atoms with Crippen molar-refractivity contribution in [2.75, 3.05) is 9.80 Å². The smallest absolute Gasteiger partial charge is 0.0465 e. The third-order valence-electron chi connectivity index (χ3n) is 18.8. The average molecular weight is 1100 g/mol. The molecule has 2 aliphatic carbocycles. The summed E-state index contributed by atoms with van der Waals surface area (Å²) >= 11 is 0. The fourth-order valence-electron chi connectivity index (χ4n) is 14.4. The summed E-state index contributed by atoms with van der Waals surface area (Å²) in [4.78, 5) is 4.79. The summed E-state index contributed by atoms with van der Waals surface area (Å²) in [6.45, 7) is 9.63. The van der Waals surface area contributed by atoms with Crippen molar-refractivity contribution < 1.29 is 0 Å². The number of benzene rings is 14. The summed E-state index contributed by atoms with van der Waals surface area (Å²) in [7, 11) is 0. The molecule has 2 nitrogen and oxygen atoms in total. The van der Waals surface area contributed by atoms with Crippen molar-refractivity contribution >= 4 is 66.4 Å². The lowest BCUT2D eigenvalue weighted by Gasteiger charge is -2.28. The van der Waals surface area contributed by atoms with Crippen molar-refractivity contribution in [1.29, 1.82) is 0 Å². The minimum atomic E-state index is -0.259. The topological polar surface area (TPSA) is 6.48 Å². The molecule has 0 amide bonds. The number of hydrogen-bond acceptors (Lipinski definition) is 2. The summed E-state index contributed by atoms with van der Waals surface area (Å²) in [6, 6.07) is 113. The molecule has 0 N–H and O–H groups in total. The van der Waals surface area contributed by atoms with E-state index in [1.54, 1.807) is 0 Å². The molecule has 2 aliphatic rings. The van der Waals surface area contributed by atoms with E-state index in [9.17, 15) is 0 Å². The van der Waals surface area contributed by atoms with Gasteiger partial charge in [-0.25, -0.2) is 0 Å². The fourth-order valence-corrected chi connectivity index (χ4v) is 14.4. The highest BCUT2D eigenvalue weighted by atomic mass is 15.1. The lowest BCUT2D eigenvalue weighted by molar-refractivity contribution is 0.660. The first-order valence-corrected chi connectivity index (χ1v) is 30.1. The monoisotopic (exact) mass is 1100 g/mol. The summed E-state index contributed by atoms with van der Waals surface area (Å²) in [6.07, 6.45) is 0. The molecule has 0 bridgehead atoms. The maximum atomic E-state index is 2.49. The van der Waals surface area contributed by atoms with Gasteiger partial charge in [0.2, 0.25) is 0 Å². The van der Waals surface area contributed by atoms with Crippen molar-refractivity contribution in [3.05, 3.63) is 326 Å². The Morgan fingerprint density at radius 1 is 0.209 bits per heavy atom. The van der Waals surface area contributed by atoms with Crippen LogP contribution < -0.4 is 9.80 Å². The van der Waals surface area contributed by atoms with Crippen molar-refractivity contribution in [3.8, 4) is 66.8 Å². The van der Waals surface area contributed by atoms with Crippen molar-refractivity contribution in [1.82, 2.24) is 0 Å². The summed E-state index contributed by atoms with van der Waals surface area (Å²) in [5.74, 6) is 0. The van der Waals surface area contributed by atoms with E-state index in [2.05, 4.69) is 341 Å². The normalized spacial score (nSPS) is 13.3. The predicted octanol–water partition coefficient (Wildman–Crippen LogP) is 23.4. The summed E-state index contributed by atoms with van der Waals surface area (Å²) < 4.78 is 0. The van der Waals surface area contributed by atoms with Crippen LogP contribution in [0, 0.1) is 0 Å². The van der Waals surface area contributed by atoms with E-state index in [0.717, 1.165) is 34.1 Å². The molecule has 16 rings (SSSR count). The van der Waals surface area contributed by atoms with Crippen molar-refractivity contribution in [2.24, 2.45) is 0 Å². The molecule has 0 aromatic heterocycles. The van der Waals surface area contributed by atoms with Gasteiger partial charge >= 0.3 is 0 Å². The highest BCUT2D eigenvalue weighted by Crippen LogP contribution is 2.55. The van der Waals surface area contributed by atoms with Crippen LogP contribution in [-0.2, 0) is 10.8 Å². The molecule has 0 saturated heterocycles. The third-order valence-corrected chi connectivity index (χ3v) is 18.8. The Hall–Kier alpha value is -10.5. The molecule has 408 valence electrons. The number of para-hydroxylation sites is 2. The lowest BCUT2D eigenvalue weighted by atomic mass is 9.80. The molecule has 0 saturated carbocycles. The van der Waals surface area contributed by atoms with Crippen molar-refractivity contribution in [3.63, 3.8) is 0 Å². The van der Waals surface area contributed by atoms with Gasteiger partial charge in [-0.1, -0.05) is 234 Å². The van der Waals surface area contributed by atoms with Gasteiger partial charge in [-0.3, -0.25) is 0 Å². The van der Waals surface area contributed by atoms with Gasteiger partial charge in [0.1, 0.15) is 0 Å². The van der Waals surface area contributed by atoms with E-state index < -0.39 is 0 Å². The first-order valence-electron chi connectivity index (χ1n) is 30.1. The third kappa shape index (κ3) is 8.31. The van der Waals surface area contributed by atoms with Crippen LogP contribution in [0.2, 0.25) is 0 Å². The SMILES string of the molecule is CC1(C)c2cc(-c3cc4cc(-c5ccc6c(c5)C(C)(C)c5cc(N(c7ccccc7)c7ccc(-c8ccccc8)cc7)ccc5-6)c5ccccc5c4c4ccccc34)ccc2-c2ccc(N(c3ccccc3)c3ccc(-c4ccccc4)cc3)cc21. The number of nitrogens with zero attached hydrogens (tertiary/aromatic N) is 2. The molecule has 0 fully saturated rings. The van der Waals surface area contributed by atoms with Crippen LogP contribution in [0.4, 0.5) is 34.1 Å². The molecular formula is C84H62N2. The Balaban J connectivity index is 0.767. The first-order chi connectivity index (χ1) is 42.2. The second-order valence-corrected chi connectivity index (χ2v) is 24.4. The van der Waals surface area contributed by atoms with Crippen LogP contribution in [0.5, 0.6) is 0 Å². The zero-order valence-corrected chi connectivity index (χ0v) is 48.8. The van der Waals surface area contributed by atoms with Gasteiger partial charge in [-0.05, 0) is 218 Å². The zero-order valence-electron chi connectivity index (χ0n) is 48.8. The molecule has 14 aromatic carbocycles. The van der Waals surface area contributed by atoms with E-state index in [4.69, 9.17) is 0 Å². The Bertz CT molecular complexity index is 4630. The standard InChI is InChI=1S/C84H62N2/c1-83(2)78-51-59(37-45-70(78)72-47-43-66(53-80(72)83)85(62-25-13-7-14-26-62)64-39-33-57(34-40-64)55-21-9-5-10-22-55)76-49-61-50-77(69-30-18-20-32-75(69)82(61)74-31-19-17-29-68(74)76)60-38-46-71-73-48-44-67(54-81(73)84(3,4)79(71)52-60)86(63-27-15-8-16-28-63)65-41-35-58(36-42-65)56-23-11-6-12-24-56/h5-54H,1-4H3. The van der Waals surface area contributed by atoms with Gasteiger partial charge in [0, 0.05) is 45.0 Å². The molecule has 0 radical (unpaired) electrons. The number of rotatable bonds is 10. The highest BCUT2D eigenvalue weighted by molar-refractivity contribution is 6.26. The van der Waals surface area contributed by atoms with Crippen LogP contribution in [0.3, 0.4) is 0 Å². The number of hydrogen-bond donors (Lipinski definition) is 0. The van der Waals surface area contributed by atoms with E-state index >= 15 is 0 Å². The number of anilines is 6. The molecule has 0 heterocycles. The van der Waals surface area contributed by atoms with Crippen LogP contribution in [-0.4, -0.2) is 0 Å². The molecule has 14 aromatic rings. The molecule has 2 heteroatoms. The summed E-state index contributed by atoms with van der Waals surface area (Å²) in [5.41, 5.74) is 26.6. The maximum Gasteiger partial charge on any atom is 0.0465 e. The van der Waals surface area contributed by atoms with Crippen LogP contribution in [0.25, 0.3) is 99.1 Å². The van der Waals surface area contributed by atoms with Gasteiger partial charge in [0.25, 0.3) is 0 Å². The lowest BCUT2D eigenvalue weighted by Crippen LogP contribution is -2.16. The van der Waals surface area contributed by atoms with E-state index in [1.165, 1.54) is 121 Å². The van der Waals surface area contributed by atoms with Gasteiger partial charge in [0.15, 0.2) is 0 Å². The minimum absolute atomic E-state index is 0.259. The van der Waals surface area contributed by atoms with E-state index in [-0.39, 0.29) is 10.8 Å². The highest BCUT2D eigenvalue weighted by Gasteiger charge is 2.38. The Morgan fingerprint density at radius 3 is 0.872 bits per heavy atom. The predicted molar refractivity (Wildman–Crippen MR) is 365 cm³/mol. The second-order valence-electron chi connectivity index (χ2n) is 24.4. The quantitative estimate of drug-likeness (QED) is 0.126. The van der Waals surface area contributed by atoms with Gasteiger partial charge in [0.05, 0.1) is 0 Å². The first kappa shape index (κ1) is 51.1. The van der Waals surface area contributed by atoms with Gasteiger partial charge in [-0.15, -0.1) is 0 Å². The van der Waals surface area contributed by atoms with Gasteiger partial charge in [-0.2, -0.15) is 0 Å². The maximum absolute atomic E-state index is 2.49. The molecule has 0 aliphatic heterocycles. The largest absolute Gasteiger partial charge is 0.310 e. The van der Waals surface area contributed by atoms with Crippen LogP contribution >= 0.6 is 0 Å². The molecule has 0 spiro atoms. The van der Waals surface area contributed by atoms with E-state index in [1.807, 2.05) is 0 Å². The molecule has 86 heavy (non-hydrogen) atoms. The van der Waals surface area contributed by atoms with Crippen LogP contribution in [0.1, 0.15) is 49.9 Å². The minimum Gasteiger partial charge on any atom is -0.310 e. The molecular weight excluding hydrogens is 1040 g/mol. The molecule has 0 atom stereocenters. The number of fused-ring (bicyclic) bond motifs is 11. The second kappa shape index (κ2) is 20.1. The van der Waals surface area contributed by atoms with E-state index in [0.29, 0.717) is 0 Å². The van der Waals surface area contributed by atoms with Crippen LogP contribution in [0.15, 0.2) is 303 Å². The van der Waals surface area contributed by atoms with Gasteiger partial charge < -0.3 is 9.80 Å². The summed E-state index contributed by atoms with van der Waals surface area (Å²) in [5, 5.41) is 7.59. The Kier molecular flexibility index (Phi) is 11.9. The average Bonchev–Trinajstić information content (AvgIpc) is 2.26. The Labute approximate surface area is 504 Å². The zero-order chi connectivity index (χ0) is 57.7. The molecule has 0 unspecified atom stereocenters. The van der Waals surface area contributed by atoms with Crippen molar-refractivity contribution in [2.45, 2.75) is 38.5 Å². The fraction of sp³-hybridized carbons (Fsp3) is 0.0714.